The van der Waals surface area contributed by atoms with Crippen LogP contribution in [0.2, 0.25) is 0 Å². The van der Waals surface area contributed by atoms with Crippen molar-refractivity contribution in [1.29, 1.82) is 0 Å². The molecule has 0 bridgehead atoms. The average Bonchev–Trinajstić information content (AvgIpc) is 3.58. The van der Waals surface area contributed by atoms with Gasteiger partial charge in [0, 0.05) is 11.3 Å². The molecule has 0 saturated carbocycles. The van der Waals surface area contributed by atoms with E-state index in [9.17, 15) is 9.59 Å². The van der Waals surface area contributed by atoms with Crippen molar-refractivity contribution in [2.75, 3.05) is 11.1 Å². The number of rotatable bonds is 8. The van der Waals surface area contributed by atoms with Crippen LogP contribution in [0.25, 0.3) is 26.7 Å². The summed E-state index contributed by atoms with van der Waals surface area (Å²) in [4.78, 5) is 30.3. The molecule has 8 nitrogen and oxygen atoms in total. The van der Waals surface area contributed by atoms with E-state index in [1.165, 1.54) is 23.1 Å². The van der Waals surface area contributed by atoms with E-state index in [0.29, 0.717) is 21.7 Å². The van der Waals surface area contributed by atoms with Crippen molar-refractivity contribution < 1.29 is 9.59 Å². The minimum atomic E-state index is -0.196. The van der Waals surface area contributed by atoms with Crippen LogP contribution >= 0.6 is 23.1 Å². The van der Waals surface area contributed by atoms with Crippen LogP contribution in [-0.2, 0) is 11.3 Å². The fourth-order valence-electron chi connectivity index (χ4n) is 4.23. The average molecular weight is 551 g/mol. The molecular weight excluding hydrogens is 528 g/mol. The molecule has 6 rings (SSSR count). The molecule has 39 heavy (non-hydrogen) atoms. The van der Waals surface area contributed by atoms with Gasteiger partial charge in [0.15, 0.2) is 16.1 Å². The number of benzene rings is 4. The summed E-state index contributed by atoms with van der Waals surface area (Å²) in [6.07, 6.45) is 0. The Morgan fingerprint density at radius 1 is 0.846 bits per heavy atom. The number of nitrogens with zero attached hydrogens (tertiary/aromatic N) is 4. The van der Waals surface area contributed by atoms with Crippen LogP contribution in [0.4, 0.5) is 5.13 Å². The van der Waals surface area contributed by atoms with Crippen molar-refractivity contribution in [2.24, 2.45) is 0 Å². The van der Waals surface area contributed by atoms with Gasteiger partial charge in [-0.3, -0.25) is 14.2 Å². The van der Waals surface area contributed by atoms with Crippen LogP contribution in [0.15, 0.2) is 102 Å². The second-order valence-electron chi connectivity index (χ2n) is 8.60. The summed E-state index contributed by atoms with van der Waals surface area (Å²) >= 11 is 2.70. The predicted octanol–water partition coefficient (Wildman–Crippen LogP) is 5.69. The van der Waals surface area contributed by atoms with Crippen molar-refractivity contribution in [3.05, 3.63) is 108 Å². The summed E-state index contributed by atoms with van der Waals surface area (Å²) in [5.41, 5.74) is 2.29. The molecule has 0 aliphatic rings. The first kappa shape index (κ1) is 24.8. The van der Waals surface area contributed by atoms with Crippen LogP contribution in [0.5, 0.6) is 0 Å². The molecule has 2 aromatic heterocycles. The maximum Gasteiger partial charge on any atom is 0.252 e. The first-order valence-corrected chi connectivity index (χ1v) is 14.0. The first-order valence-electron chi connectivity index (χ1n) is 12.2. The normalized spacial score (nSPS) is 11.1. The molecule has 0 saturated heterocycles. The number of para-hydroxylation sites is 2. The number of fused-ring (bicyclic) bond motifs is 2. The summed E-state index contributed by atoms with van der Waals surface area (Å²) in [5, 5.41) is 17.5. The third-order valence-corrected chi connectivity index (χ3v) is 7.91. The van der Waals surface area contributed by atoms with E-state index in [1.54, 1.807) is 0 Å². The van der Waals surface area contributed by atoms with Gasteiger partial charge in [0.25, 0.3) is 5.91 Å². The number of hydrogen-bond acceptors (Lipinski definition) is 7. The Morgan fingerprint density at radius 2 is 1.62 bits per heavy atom. The van der Waals surface area contributed by atoms with Gasteiger partial charge in [0.2, 0.25) is 5.91 Å². The number of amides is 2. The minimum Gasteiger partial charge on any atom is -0.345 e. The zero-order chi connectivity index (χ0) is 26.6. The van der Waals surface area contributed by atoms with Crippen molar-refractivity contribution in [3.8, 4) is 5.69 Å². The molecule has 4 aromatic carbocycles. The Bertz CT molecular complexity index is 1760. The van der Waals surface area contributed by atoms with E-state index in [2.05, 4.69) is 25.8 Å². The first-order chi connectivity index (χ1) is 19.2. The van der Waals surface area contributed by atoms with Gasteiger partial charge in [-0.1, -0.05) is 89.8 Å². The molecule has 0 unspecified atom stereocenters. The molecule has 0 radical (unpaired) electrons. The number of nitrogens with one attached hydrogen (secondary N) is 2. The lowest BCUT2D eigenvalue weighted by atomic mass is 10.0. The van der Waals surface area contributed by atoms with E-state index in [0.717, 1.165) is 26.7 Å². The van der Waals surface area contributed by atoms with E-state index in [1.807, 2.05) is 102 Å². The highest BCUT2D eigenvalue weighted by atomic mass is 32.2. The Kier molecular flexibility index (Phi) is 7.03. The predicted molar refractivity (Wildman–Crippen MR) is 155 cm³/mol. The summed E-state index contributed by atoms with van der Waals surface area (Å²) < 4.78 is 2.87. The van der Waals surface area contributed by atoms with Gasteiger partial charge in [-0.15, -0.1) is 10.2 Å². The molecule has 2 N–H and O–H groups in total. The third-order valence-electron chi connectivity index (χ3n) is 6.03. The smallest absolute Gasteiger partial charge is 0.252 e. The Balaban J connectivity index is 1.18. The van der Waals surface area contributed by atoms with Crippen molar-refractivity contribution in [1.82, 2.24) is 25.1 Å². The Labute approximate surface area is 232 Å². The molecule has 0 spiro atoms. The molecule has 0 fully saturated rings. The highest BCUT2D eigenvalue weighted by molar-refractivity contribution is 7.99. The van der Waals surface area contributed by atoms with Crippen molar-refractivity contribution in [3.63, 3.8) is 0 Å². The Hall–Kier alpha value is -4.54. The van der Waals surface area contributed by atoms with Gasteiger partial charge in [0.1, 0.15) is 0 Å². The van der Waals surface area contributed by atoms with E-state index in [4.69, 9.17) is 0 Å². The molecular formula is C29H22N6O2S2. The minimum absolute atomic E-state index is 0.128. The van der Waals surface area contributed by atoms with E-state index < -0.39 is 0 Å². The monoisotopic (exact) mass is 550 g/mol. The fourth-order valence-corrected chi connectivity index (χ4v) is 5.89. The summed E-state index contributed by atoms with van der Waals surface area (Å²) in [6.45, 7) is 0.169. The number of aromatic nitrogens is 4. The van der Waals surface area contributed by atoms with Crippen molar-refractivity contribution >= 4 is 61.0 Å². The SMILES string of the molecule is O=C(CSc1nnc(CNC(=O)c2cccc3ccccc23)n1-c1ccccc1)Nc1nc2ccccc2s1. The summed E-state index contributed by atoms with van der Waals surface area (Å²) in [5.74, 6) is 0.304. The second-order valence-corrected chi connectivity index (χ2v) is 10.6. The molecule has 0 aliphatic heterocycles. The molecule has 0 aliphatic carbocycles. The standard InChI is InChI=1S/C29H22N6O2S2/c36-26(32-28-31-23-15-6-7-16-24(23)39-28)18-38-29-34-33-25(35(29)20-11-2-1-3-12-20)17-30-27(37)22-14-8-10-19-9-4-5-13-21(19)22/h1-16H,17-18H2,(H,30,37)(H,31,32,36). The van der Waals surface area contributed by atoms with Gasteiger partial charge in [-0.2, -0.15) is 0 Å². The number of anilines is 1. The summed E-state index contributed by atoms with van der Waals surface area (Å²) in [6, 6.07) is 30.8. The van der Waals surface area contributed by atoms with Crippen LogP contribution in [0.3, 0.4) is 0 Å². The summed E-state index contributed by atoms with van der Waals surface area (Å²) in [7, 11) is 0. The maximum absolute atomic E-state index is 13.1. The van der Waals surface area contributed by atoms with Gasteiger partial charge in [0.05, 0.1) is 22.5 Å². The van der Waals surface area contributed by atoms with Gasteiger partial charge in [-0.25, -0.2) is 4.98 Å². The topological polar surface area (TPSA) is 102 Å². The van der Waals surface area contributed by atoms with Gasteiger partial charge >= 0.3 is 0 Å². The molecule has 10 heteroatoms. The second kappa shape index (κ2) is 11.1. The largest absolute Gasteiger partial charge is 0.345 e. The highest BCUT2D eigenvalue weighted by Gasteiger charge is 2.18. The van der Waals surface area contributed by atoms with E-state index in [-0.39, 0.29) is 24.1 Å². The fraction of sp³-hybridized carbons (Fsp3) is 0.0690. The Morgan fingerprint density at radius 3 is 2.49 bits per heavy atom. The zero-order valence-electron chi connectivity index (χ0n) is 20.6. The van der Waals surface area contributed by atoms with Crippen LogP contribution in [0.1, 0.15) is 16.2 Å². The highest BCUT2D eigenvalue weighted by Crippen LogP contribution is 2.27. The lowest BCUT2D eigenvalue weighted by Crippen LogP contribution is -2.25. The van der Waals surface area contributed by atoms with Crippen LogP contribution < -0.4 is 10.6 Å². The third kappa shape index (κ3) is 5.38. The quantitative estimate of drug-likeness (QED) is 0.236. The number of carbonyl (C=O) groups is 2. The maximum atomic E-state index is 13.1. The molecule has 0 atom stereocenters. The molecule has 192 valence electrons. The number of hydrogen-bond donors (Lipinski definition) is 2. The molecule has 2 amide bonds. The molecule has 6 aromatic rings. The lowest BCUT2D eigenvalue weighted by molar-refractivity contribution is -0.113. The number of carbonyl (C=O) groups excluding carboxylic acids is 2. The molecule has 2 heterocycles. The number of thiazole rings is 1. The zero-order valence-corrected chi connectivity index (χ0v) is 22.2. The van der Waals surface area contributed by atoms with Gasteiger partial charge < -0.3 is 10.6 Å². The lowest BCUT2D eigenvalue weighted by Gasteiger charge is -2.11. The van der Waals surface area contributed by atoms with Crippen LogP contribution in [-0.4, -0.2) is 37.3 Å². The van der Waals surface area contributed by atoms with Crippen molar-refractivity contribution in [2.45, 2.75) is 11.7 Å². The van der Waals surface area contributed by atoms with Crippen LogP contribution in [0, 0.1) is 0 Å². The van der Waals surface area contributed by atoms with Gasteiger partial charge in [-0.05, 0) is 41.1 Å². The number of thioether (sulfide) groups is 1. The van der Waals surface area contributed by atoms with E-state index >= 15 is 0 Å².